The first kappa shape index (κ1) is 20.0. The molecule has 0 atom stereocenters. The van der Waals surface area contributed by atoms with Gasteiger partial charge in [0.15, 0.2) is 5.96 Å². The van der Waals surface area contributed by atoms with Gasteiger partial charge in [-0.05, 0) is 6.92 Å². The lowest BCUT2D eigenvalue weighted by atomic mass is 10.2. The van der Waals surface area contributed by atoms with E-state index >= 15 is 0 Å². The molecule has 2 heterocycles. The fraction of sp³-hybridized carbons (Fsp3) is 0.500. The van der Waals surface area contributed by atoms with Crippen LogP contribution in [0.2, 0.25) is 0 Å². The van der Waals surface area contributed by atoms with Gasteiger partial charge in [0.25, 0.3) is 5.69 Å². The second-order valence-electron chi connectivity index (χ2n) is 6.38. The molecule has 1 aromatic carbocycles. The van der Waals surface area contributed by atoms with Crippen LogP contribution in [0.4, 0.5) is 10.8 Å². The van der Waals surface area contributed by atoms with Crippen LogP contribution in [-0.2, 0) is 13.0 Å². The molecule has 2 aromatic rings. The highest BCUT2D eigenvalue weighted by Gasteiger charge is 2.22. The topological polar surface area (TPSA) is 99.8 Å². The van der Waals surface area contributed by atoms with Crippen LogP contribution in [0.15, 0.2) is 29.3 Å². The molecule has 0 aliphatic carbocycles. The maximum atomic E-state index is 11.2. The molecule has 28 heavy (non-hydrogen) atoms. The zero-order valence-corrected chi connectivity index (χ0v) is 17.0. The number of aliphatic imine (C=N–C) groups is 1. The Morgan fingerprint density at radius 3 is 2.68 bits per heavy atom. The molecular weight excluding hydrogens is 378 g/mol. The maximum absolute atomic E-state index is 11.2. The van der Waals surface area contributed by atoms with E-state index in [4.69, 9.17) is 0 Å². The number of rotatable bonds is 6. The van der Waals surface area contributed by atoms with Crippen LogP contribution in [0.5, 0.6) is 0 Å². The van der Waals surface area contributed by atoms with Crippen molar-refractivity contribution >= 4 is 28.3 Å². The summed E-state index contributed by atoms with van der Waals surface area (Å²) in [6.07, 6.45) is 0.847. The number of guanidine groups is 1. The quantitative estimate of drug-likeness (QED) is 0.342. The van der Waals surface area contributed by atoms with Crippen LogP contribution >= 0.6 is 11.5 Å². The lowest BCUT2D eigenvalue weighted by Crippen LogP contribution is -2.52. The average Bonchev–Trinajstić information content (AvgIpc) is 3.21. The fourth-order valence-electron chi connectivity index (χ4n) is 3.03. The van der Waals surface area contributed by atoms with Crippen molar-refractivity contribution in [2.75, 3.05) is 37.6 Å². The summed E-state index contributed by atoms with van der Waals surface area (Å²) in [5, 5.41) is 15.5. The first-order chi connectivity index (χ1) is 13.6. The van der Waals surface area contributed by atoms with Crippen molar-refractivity contribution in [2.45, 2.75) is 26.8 Å². The van der Waals surface area contributed by atoms with Crippen molar-refractivity contribution < 1.29 is 4.92 Å². The Labute approximate surface area is 168 Å². The average molecular weight is 404 g/mol. The lowest BCUT2D eigenvalue weighted by molar-refractivity contribution is -0.385. The molecule has 1 aliphatic rings. The molecule has 9 nitrogen and oxygen atoms in total. The Hall–Kier alpha value is -2.75. The van der Waals surface area contributed by atoms with E-state index in [0.717, 1.165) is 56.1 Å². The Kier molecular flexibility index (Phi) is 6.75. The first-order valence-corrected chi connectivity index (χ1v) is 10.2. The third kappa shape index (κ3) is 4.75. The van der Waals surface area contributed by atoms with Gasteiger partial charge in [-0.2, -0.15) is 4.37 Å². The van der Waals surface area contributed by atoms with Crippen LogP contribution in [0.3, 0.4) is 0 Å². The van der Waals surface area contributed by atoms with Gasteiger partial charge in [-0.25, -0.2) is 9.98 Å². The van der Waals surface area contributed by atoms with E-state index in [1.54, 1.807) is 18.2 Å². The molecule has 0 saturated carbocycles. The van der Waals surface area contributed by atoms with E-state index in [-0.39, 0.29) is 17.2 Å². The smallest absolute Gasteiger partial charge is 0.274 e. The number of benzene rings is 1. The molecule has 0 unspecified atom stereocenters. The van der Waals surface area contributed by atoms with Crippen molar-refractivity contribution in [1.82, 2.24) is 19.6 Å². The van der Waals surface area contributed by atoms with E-state index in [1.807, 2.05) is 6.92 Å². The Morgan fingerprint density at radius 1 is 1.29 bits per heavy atom. The molecule has 0 spiro atoms. The number of hydrogen-bond acceptors (Lipinski definition) is 7. The van der Waals surface area contributed by atoms with E-state index in [0.29, 0.717) is 5.56 Å². The van der Waals surface area contributed by atoms with Gasteiger partial charge < -0.3 is 15.1 Å². The van der Waals surface area contributed by atoms with Crippen LogP contribution in [0.1, 0.15) is 25.2 Å². The molecule has 3 rings (SSSR count). The minimum atomic E-state index is -0.358. The van der Waals surface area contributed by atoms with Crippen molar-refractivity contribution in [1.29, 1.82) is 0 Å². The van der Waals surface area contributed by atoms with Crippen molar-refractivity contribution in [3.05, 3.63) is 45.8 Å². The second-order valence-corrected chi connectivity index (χ2v) is 7.11. The van der Waals surface area contributed by atoms with Gasteiger partial charge in [0.2, 0.25) is 5.13 Å². The van der Waals surface area contributed by atoms with E-state index in [2.05, 4.69) is 36.4 Å². The largest absolute Gasteiger partial charge is 0.357 e. The summed E-state index contributed by atoms with van der Waals surface area (Å²) in [4.78, 5) is 24.5. The summed E-state index contributed by atoms with van der Waals surface area (Å²) in [7, 11) is 0. The molecule has 10 heteroatoms. The lowest BCUT2D eigenvalue weighted by Gasteiger charge is -2.36. The summed E-state index contributed by atoms with van der Waals surface area (Å²) < 4.78 is 4.36. The van der Waals surface area contributed by atoms with Crippen molar-refractivity contribution in [3.63, 3.8) is 0 Å². The predicted molar refractivity (Wildman–Crippen MR) is 111 cm³/mol. The number of aryl methyl sites for hydroxylation is 1. The predicted octanol–water partition coefficient (Wildman–Crippen LogP) is 2.30. The van der Waals surface area contributed by atoms with Gasteiger partial charge in [-0.15, -0.1) is 0 Å². The number of nitro groups is 1. The number of hydrogen-bond donors (Lipinski definition) is 1. The third-order valence-corrected chi connectivity index (χ3v) is 5.36. The molecule has 0 amide bonds. The Balaban J connectivity index is 1.66. The van der Waals surface area contributed by atoms with E-state index in [9.17, 15) is 10.1 Å². The van der Waals surface area contributed by atoms with Gasteiger partial charge in [0.05, 0.1) is 17.0 Å². The zero-order chi connectivity index (χ0) is 19.9. The highest BCUT2D eigenvalue weighted by atomic mass is 32.1. The van der Waals surface area contributed by atoms with E-state index in [1.165, 1.54) is 17.6 Å². The highest BCUT2D eigenvalue weighted by Crippen LogP contribution is 2.20. The number of para-hydroxylation sites is 1. The summed E-state index contributed by atoms with van der Waals surface area (Å²) in [5.74, 6) is 1.67. The number of nitrogens with one attached hydrogen (secondary N) is 1. The summed E-state index contributed by atoms with van der Waals surface area (Å²) in [6.45, 7) is 8.39. The molecule has 1 N–H and O–H groups in total. The number of piperazine rings is 1. The monoisotopic (exact) mass is 403 g/mol. The van der Waals surface area contributed by atoms with Crippen molar-refractivity contribution in [3.8, 4) is 0 Å². The molecule has 150 valence electrons. The Morgan fingerprint density at radius 2 is 2.04 bits per heavy atom. The summed E-state index contributed by atoms with van der Waals surface area (Å²) in [5.41, 5.74) is 0.720. The zero-order valence-electron chi connectivity index (χ0n) is 16.2. The second kappa shape index (κ2) is 9.45. The number of nitro benzene ring substituents is 1. The first-order valence-electron chi connectivity index (χ1n) is 9.45. The fourth-order valence-corrected chi connectivity index (χ4v) is 3.84. The molecule has 1 aromatic heterocycles. The minimum absolute atomic E-state index is 0.106. The summed E-state index contributed by atoms with van der Waals surface area (Å²) >= 11 is 1.45. The molecule has 1 fully saturated rings. The molecule has 1 aliphatic heterocycles. The van der Waals surface area contributed by atoms with Gasteiger partial charge in [-0.3, -0.25) is 10.1 Å². The van der Waals surface area contributed by atoms with Crippen LogP contribution in [-0.4, -0.2) is 57.9 Å². The summed E-state index contributed by atoms with van der Waals surface area (Å²) in [6, 6.07) is 6.75. The van der Waals surface area contributed by atoms with Crippen LogP contribution in [0.25, 0.3) is 0 Å². The maximum Gasteiger partial charge on any atom is 0.274 e. The normalized spacial score (nSPS) is 15.0. The minimum Gasteiger partial charge on any atom is -0.357 e. The molecule has 1 saturated heterocycles. The van der Waals surface area contributed by atoms with E-state index < -0.39 is 0 Å². The number of nitrogens with zero attached hydrogens (tertiary/aromatic N) is 6. The van der Waals surface area contributed by atoms with Gasteiger partial charge in [-0.1, -0.05) is 25.1 Å². The molecular formula is C18H25N7O2S. The van der Waals surface area contributed by atoms with Crippen LogP contribution < -0.4 is 10.2 Å². The Bertz CT molecular complexity index is 831. The van der Waals surface area contributed by atoms with Crippen molar-refractivity contribution in [2.24, 2.45) is 4.99 Å². The van der Waals surface area contributed by atoms with Crippen LogP contribution in [0, 0.1) is 10.1 Å². The van der Waals surface area contributed by atoms with Gasteiger partial charge in [0, 0.05) is 56.7 Å². The van der Waals surface area contributed by atoms with Gasteiger partial charge in [0.1, 0.15) is 5.82 Å². The third-order valence-electron chi connectivity index (χ3n) is 4.55. The molecule has 0 radical (unpaired) electrons. The highest BCUT2D eigenvalue weighted by molar-refractivity contribution is 7.09. The van der Waals surface area contributed by atoms with Gasteiger partial charge >= 0.3 is 0 Å². The SMILES string of the molecule is CCNC(=NCc1ccccc1[N+](=O)[O-])N1CCN(c2nc(CC)ns2)CC1. The number of anilines is 1. The standard InChI is InChI=1S/C18H25N7O2S/c1-3-16-21-18(28-22-16)24-11-9-23(10-12-24)17(19-4-2)20-13-14-7-5-6-8-15(14)25(26)27/h5-8H,3-4,9-13H2,1-2H3,(H,19,20). The molecule has 0 bridgehead atoms. The number of aromatic nitrogens is 2.